The van der Waals surface area contributed by atoms with Gasteiger partial charge in [0, 0.05) is 26.2 Å². The van der Waals surface area contributed by atoms with Crippen molar-refractivity contribution in [2.75, 3.05) is 26.2 Å². The smallest absolute Gasteiger partial charge is 0.414 e. The van der Waals surface area contributed by atoms with Crippen LogP contribution in [-0.4, -0.2) is 71.9 Å². The number of hydrogen-bond donors (Lipinski definition) is 2. The van der Waals surface area contributed by atoms with Crippen LogP contribution in [0, 0.1) is 5.82 Å². The number of carboxylic acid groups (broad SMARTS) is 2. The van der Waals surface area contributed by atoms with E-state index in [0.29, 0.717) is 18.0 Å². The SMILES string of the molecule is O=C(O)C(=O)O.O=C(c1cccs1)N1CCN(S(=O)(=O)c2ccc(F)cc2)CC1. The normalized spacial score (nSPS) is 14.6. The van der Waals surface area contributed by atoms with Crippen molar-refractivity contribution in [2.24, 2.45) is 0 Å². The van der Waals surface area contributed by atoms with Crippen LogP contribution in [0.5, 0.6) is 0 Å². The lowest BCUT2D eigenvalue weighted by Gasteiger charge is -2.33. The van der Waals surface area contributed by atoms with Crippen molar-refractivity contribution in [1.29, 1.82) is 0 Å². The molecule has 0 atom stereocenters. The molecule has 0 spiro atoms. The molecule has 0 unspecified atom stereocenters. The minimum absolute atomic E-state index is 0.0666. The summed E-state index contributed by atoms with van der Waals surface area (Å²) < 4.78 is 39.3. The fourth-order valence-corrected chi connectivity index (χ4v) is 4.56. The Hall–Kier alpha value is -2.83. The number of carboxylic acids is 2. The van der Waals surface area contributed by atoms with Crippen LogP contribution in [0.1, 0.15) is 9.67 Å². The maximum Gasteiger partial charge on any atom is 0.414 e. The quantitative estimate of drug-likeness (QED) is 0.680. The second-order valence-corrected chi connectivity index (χ2v) is 8.62. The Morgan fingerprint density at radius 1 is 0.931 bits per heavy atom. The largest absolute Gasteiger partial charge is 0.473 e. The average Bonchev–Trinajstić information content (AvgIpc) is 3.23. The molecule has 0 radical (unpaired) electrons. The first kappa shape index (κ1) is 22.5. The van der Waals surface area contributed by atoms with Gasteiger partial charge in [-0.05, 0) is 35.7 Å². The molecule has 1 saturated heterocycles. The first-order valence-corrected chi connectivity index (χ1v) is 10.5. The molecule has 1 aliphatic heterocycles. The third-order valence-corrected chi connectivity index (χ3v) is 6.66. The highest BCUT2D eigenvalue weighted by Crippen LogP contribution is 2.19. The molecule has 0 aliphatic carbocycles. The minimum Gasteiger partial charge on any atom is -0.473 e. The summed E-state index contributed by atoms with van der Waals surface area (Å²) in [6, 6.07) is 8.34. The van der Waals surface area contributed by atoms with Crippen LogP contribution in [0.4, 0.5) is 4.39 Å². The molecule has 2 aromatic rings. The lowest BCUT2D eigenvalue weighted by atomic mass is 10.3. The van der Waals surface area contributed by atoms with Crippen LogP contribution in [0.3, 0.4) is 0 Å². The zero-order valence-electron chi connectivity index (χ0n) is 14.9. The summed E-state index contributed by atoms with van der Waals surface area (Å²) in [5.74, 6) is -4.20. The van der Waals surface area contributed by atoms with Gasteiger partial charge in [-0.3, -0.25) is 4.79 Å². The molecule has 1 amide bonds. The average molecular weight is 444 g/mol. The Morgan fingerprint density at radius 3 is 1.93 bits per heavy atom. The molecule has 156 valence electrons. The molecular weight excluding hydrogens is 427 g/mol. The number of benzene rings is 1. The van der Waals surface area contributed by atoms with Gasteiger partial charge in [0.1, 0.15) is 5.82 Å². The standard InChI is InChI=1S/C15H15FN2O3S2.C2H2O4/c16-12-3-5-13(6-4-12)23(20,21)18-9-7-17(8-10-18)15(19)14-2-1-11-22-14;3-1(4)2(5)6/h1-6,11H,7-10H2;(H,3,4)(H,5,6). The molecule has 1 aromatic heterocycles. The number of sulfonamides is 1. The predicted octanol–water partition coefficient (Wildman–Crippen LogP) is 1.19. The van der Waals surface area contributed by atoms with Gasteiger partial charge < -0.3 is 15.1 Å². The minimum atomic E-state index is -3.65. The van der Waals surface area contributed by atoms with Crippen LogP contribution in [-0.2, 0) is 19.6 Å². The molecule has 29 heavy (non-hydrogen) atoms. The maximum atomic E-state index is 12.9. The third-order valence-electron chi connectivity index (χ3n) is 3.89. The molecular formula is C17H17FN2O7S2. The highest BCUT2D eigenvalue weighted by Gasteiger charge is 2.30. The highest BCUT2D eigenvalue weighted by atomic mass is 32.2. The molecule has 0 saturated carbocycles. The summed E-state index contributed by atoms with van der Waals surface area (Å²) in [4.78, 5) is 32.8. The van der Waals surface area contributed by atoms with Gasteiger partial charge in [-0.2, -0.15) is 4.31 Å². The van der Waals surface area contributed by atoms with Crippen LogP contribution >= 0.6 is 11.3 Å². The van der Waals surface area contributed by atoms with Gasteiger partial charge in [0.25, 0.3) is 5.91 Å². The summed E-state index contributed by atoms with van der Waals surface area (Å²) in [6.07, 6.45) is 0. The van der Waals surface area contributed by atoms with E-state index >= 15 is 0 Å². The number of piperazine rings is 1. The molecule has 3 rings (SSSR count). The summed E-state index contributed by atoms with van der Waals surface area (Å²) in [6.45, 7) is 1.15. The van der Waals surface area contributed by atoms with E-state index in [4.69, 9.17) is 19.8 Å². The van der Waals surface area contributed by atoms with Crippen molar-refractivity contribution in [2.45, 2.75) is 4.90 Å². The first-order chi connectivity index (χ1) is 13.6. The van der Waals surface area contributed by atoms with Gasteiger partial charge >= 0.3 is 11.9 Å². The summed E-state index contributed by atoms with van der Waals surface area (Å²) in [7, 11) is -3.65. The second-order valence-electron chi connectivity index (χ2n) is 5.74. The Kier molecular flexibility index (Phi) is 7.42. The maximum absolute atomic E-state index is 12.9. The molecule has 1 fully saturated rings. The van der Waals surface area contributed by atoms with E-state index in [-0.39, 0.29) is 23.9 Å². The molecule has 1 aromatic carbocycles. The second kappa shape index (κ2) is 9.58. The van der Waals surface area contributed by atoms with E-state index in [1.54, 1.807) is 11.0 Å². The number of hydrogen-bond acceptors (Lipinski definition) is 6. The number of carbonyl (C=O) groups excluding carboxylic acids is 1. The van der Waals surface area contributed by atoms with Gasteiger partial charge in [0.05, 0.1) is 9.77 Å². The van der Waals surface area contributed by atoms with Crippen LogP contribution in [0.25, 0.3) is 0 Å². The number of nitrogens with zero attached hydrogens (tertiary/aromatic N) is 2. The van der Waals surface area contributed by atoms with E-state index in [2.05, 4.69) is 0 Å². The van der Waals surface area contributed by atoms with E-state index in [9.17, 15) is 17.6 Å². The van der Waals surface area contributed by atoms with Gasteiger partial charge in [0.2, 0.25) is 10.0 Å². The highest BCUT2D eigenvalue weighted by molar-refractivity contribution is 7.89. The van der Waals surface area contributed by atoms with Gasteiger partial charge in [0.15, 0.2) is 0 Å². The number of halogens is 1. The van der Waals surface area contributed by atoms with Crippen molar-refractivity contribution in [3.63, 3.8) is 0 Å². The van der Waals surface area contributed by atoms with Gasteiger partial charge in [-0.25, -0.2) is 22.4 Å². The van der Waals surface area contributed by atoms with Gasteiger partial charge in [-0.15, -0.1) is 11.3 Å². The predicted molar refractivity (Wildman–Crippen MR) is 101 cm³/mol. The first-order valence-electron chi connectivity index (χ1n) is 8.17. The van der Waals surface area contributed by atoms with Crippen LogP contribution in [0.15, 0.2) is 46.7 Å². The Balaban J connectivity index is 0.000000438. The Bertz CT molecular complexity index is 956. The van der Waals surface area contributed by atoms with Crippen LogP contribution < -0.4 is 0 Å². The van der Waals surface area contributed by atoms with E-state index in [1.165, 1.54) is 27.8 Å². The zero-order valence-corrected chi connectivity index (χ0v) is 16.5. The number of thiophene rings is 1. The zero-order chi connectivity index (χ0) is 21.6. The van der Waals surface area contributed by atoms with Crippen LogP contribution in [0.2, 0.25) is 0 Å². The van der Waals surface area contributed by atoms with Gasteiger partial charge in [-0.1, -0.05) is 6.07 Å². The topological polar surface area (TPSA) is 132 Å². The Morgan fingerprint density at radius 2 is 1.48 bits per heavy atom. The number of amides is 1. The fourth-order valence-electron chi connectivity index (χ4n) is 2.44. The fraction of sp³-hybridized carbons (Fsp3) is 0.235. The number of aliphatic carboxylic acids is 2. The molecule has 0 bridgehead atoms. The summed E-state index contributed by atoms with van der Waals surface area (Å²) in [5.41, 5.74) is 0. The van der Waals surface area contributed by atoms with Crippen molar-refractivity contribution in [1.82, 2.24) is 9.21 Å². The molecule has 1 aliphatic rings. The Labute approximate surface area is 169 Å². The summed E-state index contributed by atoms with van der Waals surface area (Å²) >= 11 is 1.37. The van der Waals surface area contributed by atoms with Crippen molar-refractivity contribution < 1.29 is 37.4 Å². The molecule has 12 heteroatoms. The van der Waals surface area contributed by atoms with Crippen molar-refractivity contribution in [3.8, 4) is 0 Å². The number of carbonyl (C=O) groups is 3. The van der Waals surface area contributed by atoms with Crippen molar-refractivity contribution >= 4 is 39.2 Å². The monoisotopic (exact) mass is 444 g/mol. The molecule has 9 nitrogen and oxygen atoms in total. The molecule has 2 heterocycles. The van der Waals surface area contributed by atoms with E-state index in [0.717, 1.165) is 12.1 Å². The van der Waals surface area contributed by atoms with Crippen molar-refractivity contribution in [3.05, 3.63) is 52.5 Å². The molecule has 2 N–H and O–H groups in total. The lowest BCUT2D eigenvalue weighted by molar-refractivity contribution is -0.159. The van der Waals surface area contributed by atoms with E-state index in [1.807, 2.05) is 11.4 Å². The number of rotatable bonds is 3. The lowest BCUT2D eigenvalue weighted by Crippen LogP contribution is -2.50. The third kappa shape index (κ3) is 5.82. The van der Waals surface area contributed by atoms with E-state index < -0.39 is 27.8 Å². The summed E-state index contributed by atoms with van der Waals surface area (Å²) in [5, 5.41) is 16.6.